The summed E-state index contributed by atoms with van der Waals surface area (Å²) >= 11 is 0. The Labute approximate surface area is 184 Å². The van der Waals surface area contributed by atoms with Crippen LogP contribution in [0.25, 0.3) is 0 Å². The van der Waals surface area contributed by atoms with E-state index in [1.54, 1.807) is 6.92 Å². The number of hydrogen-bond acceptors (Lipinski definition) is 6. The Bertz CT molecular complexity index is 1150. The number of hydrogen-bond donors (Lipinski definition) is 2. The third-order valence-electron chi connectivity index (χ3n) is 5.59. The standard InChI is InChI=1S/C24H24N2O6/c1-15-13-26(24(30)25-22(15)28)20-12-18(19(14-27)31-20)32-23(29)21(16-8-4-2-5-9-16)17-10-6-3-7-11-17/h2-11,13,18-21,27H,12,14H2,1H3,(H,25,28,30)/t18-,19+,20+/m0/s1. The van der Waals surface area contributed by atoms with Gasteiger partial charge in [0.25, 0.3) is 5.56 Å². The molecular weight excluding hydrogens is 412 g/mol. The smallest absolute Gasteiger partial charge is 0.330 e. The second-order valence-electron chi connectivity index (χ2n) is 7.76. The Balaban J connectivity index is 1.59. The summed E-state index contributed by atoms with van der Waals surface area (Å²) in [7, 11) is 0. The molecule has 1 saturated heterocycles. The summed E-state index contributed by atoms with van der Waals surface area (Å²) in [6.45, 7) is 1.20. The topological polar surface area (TPSA) is 111 Å². The molecule has 0 amide bonds. The van der Waals surface area contributed by atoms with Crippen LogP contribution in [0.15, 0.2) is 76.4 Å². The highest BCUT2D eigenvalue weighted by molar-refractivity contribution is 5.82. The van der Waals surface area contributed by atoms with Gasteiger partial charge in [0.05, 0.1) is 6.61 Å². The molecule has 1 fully saturated rings. The molecule has 3 aromatic rings. The zero-order chi connectivity index (χ0) is 22.7. The fourth-order valence-corrected chi connectivity index (χ4v) is 3.93. The van der Waals surface area contributed by atoms with Crippen molar-refractivity contribution in [1.82, 2.24) is 9.55 Å². The lowest BCUT2D eigenvalue weighted by molar-refractivity contribution is -0.153. The summed E-state index contributed by atoms with van der Waals surface area (Å²) in [6, 6.07) is 18.6. The Morgan fingerprint density at radius 2 is 1.72 bits per heavy atom. The normalized spacial score (nSPS) is 20.4. The largest absolute Gasteiger partial charge is 0.459 e. The molecule has 2 aromatic carbocycles. The van der Waals surface area contributed by atoms with E-state index in [0.29, 0.717) is 5.56 Å². The number of esters is 1. The summed E-state index contributed by atoms with van der Waals surface area (Å²) in [5, 5.41) is 9.79. The van der Waals surface area contributed by atoms with Gasteiger partial charge in [0.1, 0.15) is 24.4 Å². The number of nitrogens with zero attached hydrogens (tertiary/aromatic N) is 1. The van der Waals surface area contributed by atoms with Crippen molar-refractivity contribution < 1.29 is 19.4 Å². The van der Waals surface area contributed by atoms with Crippen molar-refractivity contribution in [3.05, 3.63) is 104 Å². The van der Waals surface area contributed by atoms with E-state index in [4.69, 9.17) is 9.47 Å². The Hall–Kier alpha value is -3.49. The number of rotatable bonds is 6. The number of benzene rings is 2. The van der Waals surface area contributed by atoms with Gasteiger partial charge in [0.2, 0.25) is 0 Å². The highest BCUT2D eigenvalue weighted by Crippen LogP contribution is 2.33. The van der Waals surface area contributed by atoms with Crippen LogP contribution in [0.4, 0.5) is 0 Å². The number of ether oxygens (including phenoxy) is 2. The maximum absolute atomic E-state index is 13.3. The van der Waals surface area contributed by atoms with E-state index in [9.17, 15) is 19.5 Å². The van der Waals surface area contributed by atoms with E-state index < -0.39 is 41.6 Å². The van der Waals surface area contributed by atoms with Crippen LogP contribution < -0.4 is 11.2 Å². The van der Waals surface area contributed by atoms with E-state index in [1.807, 2.05) is 60.7 Å². The first-order valence-corrected chi connectivity index (χ1v) is 10.4. The maximum atomic E-state index is 13.3. The summed E-state index contributed by atoms with van der Waals surface area (Å²) in [5.74, 6) is -1.12. The highest BCUT2D eigenvalue weighted by atomic mass is 16.6. The molecule has 0 spiro atoms. The van der Waals surface area contributed by atoms with Gasteiger partial charge in [-0.3, -0.25) is 19.1 Å². The van der Waals surface area contributed by atoms with Crippen molar-refractivity contribution in [3.63, 3.8) is 0 Å². The molecule has 166 valence electrons. The Morgan fingerprint density at radius 3 is 2.28 bits per heavy atom. The van der Waals surface area contributed by atoms with E-state index in [0.717, 1.165) is 11.1 Å². The molecule has 4 rings (SSSR count). The third-order valence-corrected chi connectivity index (χ3v) is 5.59. The first-order chi connectivity index (χ1) is 15.5. The predicted octanol–water partition coefficient (Wildman–Crippen LogP) is 1.87. The van der Waals surface area contributed by atoms with E-state index in [1.165, 1.54) is 10.8 Å². The molecule has 1 aliphatic rings. The summed E-state index contributed by atoms with van der Waals surface area (Å²) in [4.78, 5) is 39.4. The lowest BCUT2D eigenvalue weighted by atomic mass is 9.91. The minimum atomic E-state index is -0.796. The molecule has 1 aromatic heterocycles. The summed E-state index contributed by atoms with van der Waals surface area (Å²) in [6.07, 6.45) is -0.762. The molecule has 8 nitrogen and oxygen atoms in total. The van der Waals surface area contributed by atoms with Crippen LogP contribution in [0.5, 0.6) is 0 Å². The number of aromatic nitrogens is 2. The first-order valence-electron chi connectivity index (χ1n) is 10.4. The monoisotopic (exact) mass is 436 g/mol. The number of aliphatic hydroxyl groups excluding tert-OH is 1. The van der Waals surface area contributed by atoms with Crippen molar-refractivity contribution in [2.45, 2.75) is 37.7 Å². The molecule has 2 heterocycles. The molecule has 0 bridgehead atoms. The Kier molecular flexibility index (Phi) is 6.34. The SMILES string of the molecule is Cc1cn([C@H]2C[C@H](OC(=O)C(c3ccccc3)c3ccccc3)[C@@H](CO)O2)c(=O)[nH]c1=O. The fraction of sp³-hybridized carbons (Fsp3) is 0.292. The second kappa shape index (κ2) is 9.33. The lowest BCUT2D eigenvalue weighted by Gasteiger charge is -2.22. The number of nitrogens with one attached hydrogen (secondary N) is 1. The van der Waals surface area contributed by atoms with Gasteiger partial charge < -0.3 is 14.6 Å². The second-order valence-corrected chi connectivity index (χ2v) is 7.76. The van der Waals surface area contributed by atoms with Crippen molar-refractivity contribution in [3.8, 4) is 0 Å². The molecular formula is C24H24N2O6. The molecule has 32 heavy (non-hydrogen) atoms. The summed E-state index contributed by atoms with van der Waals surface area (Å²) in [5.41, 5.74) is 0.821. The average Bonchev–Trinajstić information content (AvgIpc) is 3.20. The van der Waals surface area contributed by atoms with Crippen molar-refractivity contribution in [2.24, 2.45) is 0 Å². The molecule has 0 aliphatic carbocycles. The van der Waals surface area contributed by atoms with E-state index in [2.05, 4.69) is 4.98 Å². The number of aromatic amines is 1. The van der Waals surface area contributed by atoms with E-state index >= 15 is 0 Å². The van der Waals surface area contributed by atoms with Crippen molar-refractivity contribution in [2.75, 3.05) is 6.61 Å². The summed E-state index contributed by atoms with van der Waals surface area (Å²) < 4.78 is 12.9. The molecule has 1 aliphatic heterocycles. The van der Waals surface area contributed by atoms with Crippen molar-refractivity contribution in [1.29, 1.82) is 0 Å². The van der Waals surface area contributed by atoms with Gasteiger partial charge in [0, 0.05) is 18.2 Å². The first kappa shape index (κ1) is 21.7. The van der Waals surface area contributed by atoms with Gasteiger partial charge in [-0.05, 0) is 18.1 Å². The zero-order valence-corrected chi connectivity index (χ0v) is 17.5. The van der Waals surface area contributed by atoms with Crippen LogP contribution in [-0.2, 0) is 14.3 Å². The van der Waals surface area contributed by atoms with Crippen molar-refractivity contribution >= 4 is 5.97 Å². The van der Waals surface area contributed by atoms with Gasteiger partial charge in [-0.25, -0.2) is 4.79 Å². The highest BCUT2D eigenvalue weighted by Gasteiger charge is 2.40. The average molecular weight is 436 g/mol. The fourth-order valence-electron chi connectivity index (χ4n) is 3.93. The maximum Gasteiger partial charge on any atom is 0.330 e. The van der Waals surface area contributed by atoms with Gasteiger partial charge in [0.15, 0.2) is 0 Å². The van der Waals surface area contributed by atoms with Crippen LogP contribution in [0.1, 0.15) is 35.3 Å². The number of carbonyl (C=O) groups is 1. The van der Waals surface area contributed by atoms with Crippen LogP contribution in [-0.4, -0.2) is 39.4 Å². The number of aryl methyl sites for hydroxylation is 1. The molecule has 3 atom stereocenters. The van der Waals surface area contributed by atoms with Crippen LogP contribution >= 0.6 is 0 Å². The minimum Gasteiger partial charge on any atom is -0.459 e. The molecule has 0 radical (unpaired) electrons. The van der Waals surface area contributed by atoms with Gasteiger partial charge in [-0.15, -0.1) is 0 Å². The molecule has 2 N–H and O–H groups in total. The molecule has 8 heteroatoms. The van der Waals surface area contributed by atoms with Gasteiger partial charge >= 0.3 is 11.7 Å². The number of carbonyl (C=O) groups excluding carboxylic acids is 1. The van der Waals surface area contributed by atoms with Gasteiger partial charge in [-0.2, -0.15) is 0 Å². The minimum absolute atomic E-state index is 0.165. The molecule has 0 unspecified atom stereocenters. The number of H-pyrrole nitrogens is 1. The van der Waals surface area contributed by atoms with E-state index in [-0.39, 0.29) is 13.0 Å². The molecule has 0 saturated carbocycles. The quantitative estimate of drug-likeness (QED) is 0.571. The van der Waals surface area contributed by atoms with Crippen LogP contribution in [0, 0.1) is 6.92 Å². The predicted molar refractivity (Wildman–Crippen MR) is 116 cm³/mol. The van der Waals surface area contributed by atoms with Crippen LogP contribution in [0.3, 0.4) is 0 Å². The number of aliphatic hydroxyl groups is 1. The Morgan fingerprint density at radius 1 is 1.12 bits per heavy atom. The van der Waals surface area contributed by atoms with Crippen LogP contribution in [0.2, 0.25) is 0 Å². The lowest BCUT2D eigenvalue weighted by Crippen LogP contribution is -2.33. The zero-order valence-electron chi connectivity index (χ0n) is 17.5. The van der Waals surface area contributed by atoms with Gasteiger partial charge in [-0.1, -0.05) is 60.7 Å². The third kappa shape index (κ3) is 4.42.